The fourth-order valence-electron chi connectivity index (χ4n) is 0. The largest absolute Gasteiger partial charge is 0.328 e. The van der Waals surface area contributed by atoms with E-state index in [0.29, 0.717) is 0 Å². The molecule has 116 valence electrons. The lowest BCUT2D eigenvalue weighted by Gasteiger charge is -1.76. The lowest BCUT2D eigenvalue weighted by atomic mass is 11.0. The summed E-state index contributed by atoms with van der Waals surface area (Å²) in [6, 6.07) is 0. The van der Waals surface area contributed by atoms with Crippen molar-refractivity contribution in [1.29, 1.82) is 0 Å². The van der Waals surface area contributed by atoms with Crippen LogP contribution in [-0.4, -0.2) is 29.4 Å². The minimum Gasteiger partial charge on any atom is -0.328 e. The van der Waals surface area contributed by atoms with Crippen molar-refractivity contribution in [3.8, 4) is 0 Å². The van der Waals surface area contributed by atoms with Gasteiger partial charge in [0.25, 0.3) is 0 Å². The van der Waals surface area contributed by atoms with Gasteiger partial charge in [-0.05, 0) is 0 Å². The van der Waals surface area contributed by atoms with Crippen LogP contribution in [0.4, 0.5) is 0 Å². The average molecular weight is 300 g/mol. The van der Waals surface area contributed by atoms with Gasteiger partial charge in [0.1, 0.15) is 0 Å². The van der Waals surface area contributed by atoms with Gasteiger partial charge in [-0.2, -0.15) is 0 Å². The van der Waals surface area contributed by atoms with Gasteiger partial charge in [-0.25, -0.2) is 0 Å². The van der Waals surface area contributed by atoms with Gasteiger partial charge in [0, 0.05) is 0 Å². The summed E-state index contributed by atoms with van der Waals surface area (Å²) in [6.07, 6.45) is 0. The Morgan fingerprint density at radius 1 is 0.412 bits per heavy atom. The third-order valence-corrected chi connectivity index (χ3v) is 0. The minimum atomic E-state index is -2.62. The van der Waals surface area contributed by atoms with Crippen LogP contribution in [0.15, 0.2) is 0 Å². The van der Waals surface area contributed by atoms with Gasteiger partial charge in [-0.1, -0.05) is 62.8 Å². The van der Waals surface area contributed by atoms with Gasteiger partial charge in [0.15, 0.2) is 0 Å². The van der Waals surface area contributed by atoms with E-state index in [1.165, 1.54) is 0 Å². The summed E-state index contributed by atoms with van der Waals surface area (Å²) in [5, 5.41) is 0. The molecule has 0 unspecified atom stereocenters. The number of hydrogen-bond donors (Lipinski definition) is 6. The topological polar surface area (TPSA) is 121 Å². The molecular formula is C9H34O6P2. The van der Waals surface area contributed by atoms with Crippen molar-refractivity contribution in [2.24, 2.45) is 0 Å². The molecule has 0 bridgehead atoms. The second-order valence-electron chi connectivity index (χ2n) is 0.537. The predicted molar refractivity (Wildman–Crippen MR) is 79.3 cm³/mol. The first-order valence-corrected chi connectivity index (χ1v) is 7.60. The average Bonchev–Trinajstić information content (AvgIpc) is 2.27. The molecule has 0 amide bonds. The van der Waals surface area contributed by atoms with E-state index < -0.39 is 17.2 Å². The van der Waals surface area contributed by atoms with Gasteiger partial charge in [0.2, 0.25) is 0 Å². The van der Waals surface area contributed by atoms with Crippen molar-refractivity contribution in [2.75, 3.05) is 0 Å². The van der Waals surface area contributed by atoms with Crippen molar-refractivity contribution >= 4 is 17.2 Å². The quantitative estimate of drug-likeness (QED) is 0.382. The highest BCUT2D eigenvalue weighted by Crippen LogP contribution is 2.12. The zero-order chi connectivity index (χ0) is 15.2. The van der Waals surface area contributed by atoms with Crippen LogP contribution in [0, 0.1) is 0 Å². The van der Waals surface area contributed by atoms with Gasteiger partial charge in [-0.15, -0.1) is 0 Å². The maximum Gasteiger partial charge on any atom is 0.324 e. The molecule has 0 aliphatic carbocycles. The Labute approximate surface area is 110 Å². The molecular weight excluding hydrogens is 266 g/mol. The van der Waals surface area contributed by atoms with E-state index in [-0.39, 0.29) is 7.43 Å². The molecule has 0 aliphatic rings. The van der Waals surface area contributed by atoms with Gasteiger partial charge < -0.3 is 29.4 Å². The fraction of sp³-hybridized carbons (Fsp3) is 1.00. The maximum absolute atomic E-state index is 7.23. The molecule has 8 heteroatoms. The molecule has 0 saturated heterocycles. The molecule has 6 N–H and O–H groups in total. The Kier molecular flexibility index (Phi) is 235. The van der Waals surface area contributed by atoms with E-state index >= 15 is 0 Å². The molecule has 0 atom stereocenters. The van der Waals surface area contributed by atoms with Crippen molar-refractivity contribution in [3.05, 3.63) is 0 Å². The molecule has 0 heterocycles. The van der Waals surface area contributed by atoms with Crippen LogP contribution in [0.5, 0.6) is 0 Å². The van der Waals surface area contributed by atoms with Crippen molar-refractivity contribution in [2.45, 2.75) is 62.8 Å². The van der Waals surface area contributed by atoms with Gasteiger partial charge >= 0.3 is 17.2 Å². The normalized spacial score (nSPS) is 5.65. The summed E-state index contributed by atoms with van der Waals surface area (Å²) < 4.78 is 0. The molecule has 6 nitrogen and oxygen atoms in total. The first kappa shape index (κ1) is 43.2. The van der Waals surface area contributed by atoms with E-state index in [1.807, 2.05) is 55.4 Å². The summed E-state index contributed by atoms with van der Waals surface area (Å²) in [5.74, 6) is 0. The van der Waals surface area contributed by atoms with E-state index in [1.54, 1.807) is 0 Å². The molecule has 0 aromatic heterocycles. The second-order valence-corrected chi connectivity index (χ2v) is 1.61. The van der Waals surface area contributed by atoms with Crippen LogP contribution in [-0.2, 0) is 0 Å². The summed E-state index contributed by atoms with van der Waals surface area (Å²) in [7, 11) is -5.24. The Bertz CT molecular complexity index is 39.0. The minimum absolute atomic E-state index is 0. The van der Waals surface area contributed by atoms with E-state index in [0.717, 1.165) is 0 Å². The molecule has 0 spiro atoms. The van der Waals surface area contributed by atoms with Crippen LogP contribution >= 0.6 is 17.2 Å². The SMILES string of the molecule is C.CC.CC.CC.CC.OP(O)O.OP(O)O. The van der Waals surface area contributed by atoms with Crippen LogP contribution in [0.3, 0.4) is 0 Å². The van der Waals surface area contributed by atoms with Gasteiger partial charge in [0.05, 0.1) is 0 Å². The van der Waals surface area contributed by atoms with Crippen LogP contribution in [0.25, 0.3) is 0 Å². The zero-order valence-corrected chi connectivity index (χ0v) is 13.4. The fourth-order valence-corrected chi connectivity index (χ4v) is 0. The molecule has 0 fully saturated rings. The first-order chi connectivity index (χ1) is 7.46. The third-order valence-electron chi connectivity index (χ3n) is 0. The summed E-state index contributed by atoms with van der Waals surface area (Å²) in [4.78, 5) is 43.4. The van der Waals surface area contributed by atoms with Crippen molar-refractivity contribution in [1.82, 2.24) is 0 Å². The van der Waals surface area contributed by atoms with Crippen LogP contribution < -0.4 is 0 Å². The number of hydrogen-bond acceptors (Lipinski definition) is 6. The lowest BCUT2D eigenvalue weighted by molar-refractivity contribution is 0.366. The highest BCUT2D eigenvalue weighted by atomic mass is 31.2. The Morgan fingerprint density at radius 2 is 0.412 bits per heavy atom. The highest BCUT2D eigenvalue weighted by Gasteiger charge is 1.76. The Morgan fingerprint density at radius 3 is 0.412 bits per heavy atom. The highest BCUT2D eigenvalue weighted by molar-refractivity contribution is 7.38. The lowest BCUT2D eigenvalue weighted by Crippen LogP contribution is -1.54. The molecule has 0 aromatic rings. The Balaban J connectivity index is -0.0000000146. The molecule has 17 heavy (non-hydrogen) atoms. The predicted octanol–water partition coefficient (Wildman–Crippen LogP) is 3.12. The molecule has 0 saturated carbocycles. The number of rotatable bonds is 0. The molecule has 0 radical (unpaired) electrons. The molecule has 0 aromatic carbocycles. The standard InChI is InChI=1S/4C2H6.CH4.2H3O3P/c4*1-2;;2*1-4(2)3/h4*1-2H3;1H4;2*1-3H. The van der Waals surface area contributed by atoms with E-state index in [4.69, 9.17) is 29.4 Å². The van der Waals surface area contributed by atoms with Crippen LogP contribution in [0.1, 0.15) is 62.8 Å². The van der Waals surface area contributed by atoms with Gasteiger partial charge in [-0.3, -0.25) is 0 Å². The Hall–Kier alpha value is 0.620. The van der Waals surface area contributed by atoms with E-state index in [9.17, 15) is 0 Å². The maximum atomic E-state index is 7.23. The zero-order valence-electron chi connectivity index (χ0n) is 11.6. The van der Waals surface area contributed by atoms with Crippen molar-refractivity contribution < 1.29 is 29.4 Å². The third kappa shape index (κ3) is 9240. The monoisotopic (exact) mass is 300 g/mol. The molecule has 0 aliphatic heterocycles. The summed E-state index contributed by atoms with van der Waals surface area (Å²) in [6.45, 7) is 16.0. The first-order valence-electron chi connectivity index (χ1n) is 5.20. The second kappa shape index (κ2) is 92.5. The molecule has 0 rings (SSSR count). The van der Waals surface area contributed by atoms with Crippen molar-refractivity contribution in [3.63, 3.8) is 0 Å². The summed E-state index contributed by atoms with van der Waals surface area (Å²) in [5.41, 5.74) is 0. The summed E-state index contributed by atoms with van der Waals surface area (Å²) >= 11 is 0. The smallest absolute Gasteiger partial charge is 0.324 e. The van der Waals surface area contributed by atoms with Crippen LogP contribution in [0.2, 0.25) is 0 Å². The van der Waals surface area contributed by atoms with E-state index in [2.05, 4.69) is 0 Å².